The van der Waals surface area contributed by atoms with Crippen molar-refractivity contribution in [1.82, 2.24) is 19.4 Å². The van der Waals surface area contributed by atoms with Gasteiger partial charge in [0, 0.05) is 11.9 Å². The van der Waals surface area contributed by atoms with Crippen molar-refractivity contribution in [1.29, 1.82) is 0 Å². The smallest absolute Gasteiger partial charge is 0.141 e. The highest BCUT2D eigenvalue weighted by Crippen LogP contribution is 2.19. The Kier molecular flexibility index (Phi) is 3.01. The lowest BCUT2D eigenvalue weighted by molar-refractivity contribution is 0.875. The van der Waals surface area contributed by atoms with Crippen molar-refractivity contribution < 1.29 is 0 Å². The summed E-state index contributed by atoms with van der Waals surface area (Å²) in [6.07, 6.45) is 6.93. The lowest BCUT2D eigenvalue weighted by Crippen LogP contribution is -1.99. The maximum atomic E-state index is 4.30. The lowest BCUT2D eigenvalue weighted by atomic mass is 10.1. The first-order chi connectivity index (χ1) is 10.9. The molecule has 0 amide bonds. The monoisotopic (exact) mass is 287 g/mol. The predicted molar refractivity (Wildman–Crippen MR) is 86.3 cm³/mol. The second kappa shape index (κ2) is 5.29. The van der Waals surface area contributed by atoms with E-state index in [1.165, 1.54) is 10.8 Å². The fourth-order valence-corrected chi connectivity index (χ4v) is 2.44. The molecule has 2 heterocycles. The molecule has 4 aromatic rings. The third kappa shape index (κ3) is 2.29. The minimum Gasteiger partial charge on any atom is -0.316 e. The van der Waals surface area contributed by atoms with Crippen molar-refractivity contribution in [3.8, 4) is 5.69 Å². The summed E-state index contributed by atoms with van der Waals surface area (Å²) in [5.41, 5.74) is 2.10. The van der Waals surface area contributed by atoms with Crippen molar-refractivity contribution in [2.75, 3.05) is 0 Å². The number of aromatic nitrogens is 4. The van der Waals surface area contributed by atoms with E-state index in [0.717, 1.165) is 11.4 Å². The Morgan fingerprint density at radius 2 is 1.68 bits per heavy atom. The minimum atomic E-state index is 0.990. The summed E-state index contributed by atoms with van der Waals surface area (Å²) >= 11 is 0. The molecular weight excluding hydrogens is 274 g/mol. The molecule has 4 rings (SSSR count). The highest BCUT2D eigenvalue weighted by Gasteiger charge is 2.02. The summed E-state index contributed by atoms with van der Waals surface area (Å²) < 4.78 is 3.66. The Morgan fingerprint density at radius 1 is 0.864 bits per heavy atom. The van der Waals surface area contributed by atoms with Gasteiger partial charge in [-0.05, 0) is 35.0 Å². The first kappa shape index (κ1) is 12.5. The van der Waals surface area contributed by atoms with Gasteiger partial charge >= 0.3 is 0 Å². The Hall–Kier alpha value is -3.21. The average Bonchev–Trinajstić information content (AvgIpc) is 3.24. The Labute approximate surface area is 127 Å². The molecule has 0 unspecified atom stereocenters. The molecule has 106 valence electrons. The van der Waals surface area contributed by atoms with E-state index in [2.05, 4.69) is 62.3 Å². The standard InChI is InChI=1S/C17H13N5/c1-2-5-15-10-16(8-7-14(15)4-1)22-9-3-6-17(22)11-20-21-12-18-19-13-21/h1-13H/b20-11+. The van der Waals surface area contributed by atoms with E-state index < -0.39 is 0 Å². The SMILES string of the molecule is C(=N\n1cnnc1)/c1cccn1-c1ccc2ccccc2c1. The van der Waals surface area contributed by atoms with Crippen LogP contribution in [0.1, 0.15) is 5.69 Å². The Morgan fingerprint density at radius 3 is 2.55 bits per heavy atom. The van der Waals surface area contributed by atoms with Crippen LogP contribution < -0.4 is 0 Å². The van der Waals surface area contributed by atoms with Gasteiger partial charge in [0.1, 0.15) is 12.7 Å². The second-order valence-electron chi connectivity index (χ2n) is 4.92. The number of rotatable bonds is 3. The maximum Gasteiger partial charge on any atom is 0.141 e. The van der Waals surface area contributed by atoms with Gasteiger partial charge in [0.15, 0.2) is 0 Å². The van der Waals surface area contributed by atoms with Crippen LogP contribution in [0.25, 0.3) is 16.5 Å². The van der Waals surface area contributed by atoms with Crippen LogP contribution in [-0.4, -0.2) is 25.7 Å². The number of fused-ring (bicyclic) bond motifs is 1. The van der Waals surface area contributed by atoms with E-state index in [9.17, 15) is 0 Å². The molecule has 0 aliphatic rings. The van der Waals surface area contributed by atoms with Crippen LogP contribution in [0, 0.1) is 0 Å². The molecular formula is C17H13N5. The van der Waals surface area contributed by atoms with E-state index in [1.807, 2.05) is 18.3 Å². The summed E-state index contributed by atoms with van der Waals surface area (Å²) in [6, 6.07) is 18.8. The van der Waals surface area contributed by atoms with Gasteiger partial charge < -0.3 is 4.57 Å². The Bertz CT molecular complexity index is 935. The van der Waals surface area contributed by atoms with E-state index in [4.69, 9.17) is 0 Å². The fourth-order valence-electron chi connectivity index (χ4n) is 2.44. The van der Waals surface area contributed by atoms with Crippen molar-refractivity contribution in [2.45, 2.75) is 0 Å². The number of hydrogen-bond donors (Lipinski definition) is 0. The van der Waals surface area contributed by atoms with Gasteiger partial charge in [-0.15, -0.1) is 10.2 Å². The third-order valence-corrected chi connectivity index (χ3v) is 3.52. The molecule has 5 nitrogen and oxygen atoms in total. The zero-order valence-electron chi connectivity index (χ0n) is 11.7. The van der Waals surface area contributed by atoms with E-state index in [-0.39, 0.29) is 0 Å². The molecule has 0 aliphatic carbocycles. The molecule has 2 aromatic heterocycles. The van der Waals surface area contributed by atoms with Gasteiger partial charge in [0.25, 0.3) is 0 Å². The van der Waals surface area contributed by atoms with Gasteiger partial charge in [-0.3, -0.25) is 0 Å². The van der Waals surface area contributed by atoms with Gasteiger partial charge in [-0.1, -0.05) is 30.3 Å². The number of nitrogens with zero attached hydrogens (tertiary/aromatic N) is 5. The van der Waals surface area contributed by atoms with Gasteiger partial charge in [-0.2, -0.15) is 5.10 Å². The third-order valence-electron chi connectivity index (χ3n) is 3.52. The summed E-state index contributed by atoms with van der Waals surface area (Å²) in [7, 11) is 0. The van der Waals surface area contributed by atoms with Gasteiger partial charge in [-0.25, -0.2) is 4.68 Å². The molecule has 22 heavy (non-hydrogen) atoms. The van der Waals surface area contributed by atoms with Crippen LogP contribution >= 0.6 is 0 Å². The second-order valence-corrected chi connectivity index (χ2v) is 4.92. The molecule has 0 N–H and O–H groups in total. The molecule has 0 atom stereocenters. The summed E-state index contributed by atoms with van der Waals surface area (Å²) in [5.74, 6) is 0. The highest BCUT2D eigenvalue weighted by molar-refractivity contribution is 5.85. The van der Waals surface area contributed by atoms with E-state index in [0.29, 0.717) is 0 Å². The largest absolute Gasteiger partial charge is 0.316 e. The molecule has 0 spiro atoms. The zero-order valence-corrected chi connectivity index (χ0v) is 11.7. The molecule has 0 radical (unpaired) electrons. The molecule has 0 saturated heterocycles. The van der Waals surface area contributed by atoms with Crippen LogP contribution in [0.15, 0.2) is 78.6 Å². The molecule has 0 aliphatic heterocycles. The normalized spacial score (nSPS) is 11.5. The molecule has 5 heteroatoms. The van der Waals surface area contributed by atoms with Crippen LogP contribution in [0.5, 0.6) is 0 Å². The van der Waals surface area contributed by atoms with Crippen LogP contribution in [-0.2, 0) is 0 Å². The van der Waals surface area contributed by atoms with Crippen molar-refractivity contribution in [3.05, 3.63) is 79.1 Å². The Balaban J connectivity index is 1.74. The van der Waals surface area contributed by atoms with Crippen molar-refractivity contribution in [3.63, 3.8) is 0 Å². The quantitative estimate of drug-likeness (QED) is 0.544. The zero-order chi connectivity index (χ0) is 14.8. The van der Waals surface area contributed by atoms with Gasteiger partial charge in [0.05, 0.1) is 11.9 Å². The minimum absolute atomic E-state index is 0.990. The fraction of sp³-hybridized carbons (Fsp3) is 0. The maximum absolute atomic E-state index is 4.30. The topological polar surface area (TPSA) is 48.0 Å². The lowest BCUT2D eigenvalue weighted by Gasteiger charge is -2.07. The van der Waals surface area contributed by atoms with Crippen LogP contribution in [0.4, 0.5) is 0 Å². The van der Waals surface area contributed by atoms with Crippen LogP contribution in [0.2, 0.25) is 0 Å². The van der Waals surface area contributed by atoms with Crippen molar-refractivity contribution >= 4 is 17.0 Å². The van der Waals surface area contributed by atoms with Crippen LogP contribution in [0.3, 0.4) is 0 Å². The first-order valence-corrected chi connectivity index (χ1v) is 6.96. The average molecular weight is 287 g/mol. The first-order valence-electron chi connectivity index (χ1n) is 6.96. The molecule has 0 fully saturated rings. The summed E-state index contributed by atoms with van der Waals surface area (Å²) in [6.45, 7) is 0. The summed E-state index contributed by atoms with van der Waals surface area (Å²) in [4.78, 5) is 0. The molecule has 0 bridgehead atoms. The summed E-state index contributed by atoms with van der Waals surface area (Å²) in [5, 5.41) is 14.2. The number of hydrogen-bond acceptors (Lipinski definition) is 3. The van der Waals surface area contributed by atoms with Gasteiger partial charge in [0.2, 0.25) is 0 Å². The molecule has 2 aromatic carbocycles. The molecule has 0 saturated carbocycles. The van der Waals surface area contributed by atoms with E-state index in [1.54, 1.807) is 23.5 Å². The number of benzene rings is 2. The predicted octanol–water partition coefficient (Wildman–Crippen LogP) is 3.10. The van der Waals surface area contributed by atoms with Crippen molar-refractivity contribution in [2.24, 2.45) is 5.10 Å². The highest BCUT2D eigenvalue weighted by atomic mass is 15.4. The van der Waals surface area contributed by atoms with E-state index >= 15 is 0 Å².